The number of rotatable bonds is 6. The summed E-state index contributed by atoms with van der Waals surface area (Å²) < 4.78 is 0. The molecule has 6 nitrogen and oxygen atoms in total. The van der Waals surface area contributed by atoms with Crippen LogP contribution in [0.3, 0.4) is 0 Å². The second-order valence-corrected chi connectivity index (χ2v) is 6.51. The highest BCUT2D eigenvalue weighted by Gasteiger charge is 2.08. The van der Waals surface area contributed by atoms with E-state index in [9.17, 15) is 4.79 Å². The normalized spacial score (nSPS) is 11.4. The van der Waals surface area contributed by atoms with Crippen molar-refractivity contribution in [1.82, 2.24) is 9.97 Å². The Kier molecular flexibility index (Phi) is 6.06. The van der Waals surface area contributed by atoms with Crippen LogP contribution in [0.25, 0.3) is 0 Å². The summed E-state index contributed by atoms with van der Waals surface area (Å²) >= 11 is 7.38. The zero-order valence-electron chi connectivity index (χ0n) is 13.7. The first kappa shape index (κ1) is 18.2. The molecule has 26 heavy (non-hydrogen) atoms. The van der Waals surface area contributed by atoms with Crippen molar-refractivity contribution in [2.24, 2.45) is 10.7 Å². The molecule has 0 spiro atoms. The molecule has 0 saturated carbocycles. The van der Waals surface area contributed by atoms with Gasteiger partial charge in [-0.3, -0.25) is 9.79 Å². The number of aromatic nitrogens is 2. The lowest BCUT2D eigenvalue weighted by molar-refractivity contribution is 0.102. The number of nitrogens with two attached hydrogens (primary N) is 1. The molecule has 0 aliphatic heterocycles. The molecule has 0 atom stereocenters. The van der Waals surface area contributed by atoms with Crippen LogP contribution in [0.4, 0.5) is 5.82 Å². The number of pyridine rings is 1. The highest BCUT2D eigenvalue weighted by molar-refractivity contribution is 7.07. The van der Waals surface area contributed by atoms with Gasteiger partial charge in [-0.15, -0.1) is 11.3 Å². The number of hydrogen-bond donors (Lipinski definition) is 2. The minimum atomic E-state index is -0.282. The van der Waals surface area contributed by atoms with Crippen molar-refractivity contribution >= 4 is 40.4 Å². The van der Waals surface area contributed by atoms with Crippen LogP contribution in [0, 0.1) is 0 Å². The number of anilines is 1. The molecule has 0 bridgehead atoms. The van der Waals surface area contributed by atoms with Gasteiger partial charge in [0.1, 0.15) is 11.5 Å². The van der Waals surface area contributed by atoms with Crippen molar-refractivity contribution < 1.29 is 4.79 Å². The van der Waals surface area contributed by atoms with E-state index in [1.54, 1.807) is 23.2 Å². The molecule has 1 aromatic carbocycles. The first-order chi connectivity index (χ1) is 12.7. The van der Waals surface area contributed by atoms with Gasteiger partial charge in [-0.25, -0.2) is 9.97 Å². The Bertz CT molecular complexity index is 910. The SMILES string of the molecule is NCC(=NCc1ccc(NC(=O)c2cscn2)nc1)c1cccc(Cl)c1. The van der Waals surface area contributed by atoms with Gasteiger partial charge in [0, 0.05) is 23.1 Å². The summed E-state index contributed by atoms with van der Waals surface area (Å²) in [5, 5.41) is 5.03. The number of aliphatic imine (C=N–C) groups is 1. The van der Waals surface area contributed by atoms with E-state index in [2.05, 4.69) is 20.3 Å². The molecule has 0 radical (unpaired) electrons. The summed E-state index contributed by atoms with van der Waals surface area (Å²) in [5.74, 6) is 0.181. The third-order valence-corrected chi connectivity index (χ3v) is 4.36. The zero-order valence-corrected chi connectivity index (χ0v) is 15.3. The van der Waals surface area contributed by atoms with Crippen molar-refractivity contribution in [2.75, 3.05) is 11.9 Å². The van der Waals surface area contributed by atoms with Crippen LogP contribution in [0.2, 0.25) is 5.02 Å². The number of nitrogens with zero attached hydrogens (tertiary/aromatic N) is 3. The van der Waals surface area contributed by atoms with Gasteiger partial charge < -0.3 is 11.1 Å². The van der Waals surface area contributed by atoms with Crippen molar-refractivity contribution in [3.8, 4) is 0 Å². The molecule has 2 aromatic heterocycles. The van der Waals surface area contributed by atoms with Crippen LogP contribution in [0.5, 0.6) is 0 Å². The maximum absolute atomic E-state index is 11.9. The summed E-state index contributed by atoms with van der Waals surface area (Å²) in [6.45, 7) is 0.752. The average molecular weight is 386 g/mol. The van der Waals surface area contributed by atoms with Crippen LogP contribution in [-0.2, 0) is 6.54 Å². The Hall–Kier alpha value is -2.61. The standard InChI is InChI=1S/C18H16ClN5OS/c19-14-3-1-2-13(6-14)15(7-20)21-8-12-4-5-17(22-9-12)24-18(25)16-10-26-11-23-16/h1-6,9-11H,7-8,20H2,(H,22,24,25). The van der Waals surface area contributed by atoms with Crippen LogP contribution < -0.4 is 11.1 Å². The average Bonchev–Trinajstić information content (AvgIpc) is 3.18. The minimum absolute atomic E-state index is 0.282. The quantitative estimate of drug-likeness (QED) is 0.636. The molecule has 0 unspecified atom stereocenters. The van der Waals surface area contributed by atoms with E-state index in [-0.39, 0.29) is 5.91 Å². The van der Waals surface area contributed by atoms with Crippen LogP contribution >= 0.6 is 22.9 Å². The number of benzene rings is 1. The molecule has 1 amide bonds. The van der Waals surface area contributed by atoms with Crippen molar-refractivity contribution in [1.29, 1.82) is 0 Å². The van der Waals surface area contributed by atoms with E-state index < -0.39 is 0 Å². The summed E-state index contributed by atoms with van der Waals surface area (Å²) in [6.07, 6.45) is 1.67. The molecule has 8 heteroatoms. The fourth-order valence-electron chi connectivity index (χ4n) is 2.23. The van der Waals surface area contributed by atoms with E-state index in [0.717, 1.165) is 16.8 Å². The molecule has 0 fully saturated rings. The number of hydrogen-bond acceptors (Lipinski definition) is 6. The summed E-state index contributed by atoms with van der Waals surface area (Å²) in [4.78, 5) is 24.7. The first-order valence-electron chi connectivity index (χ1n) is 7.79. The number of carbonyl (C=O) groups is 1. The van der Waals surface area contributed by atoms with E-state index in [4.69, 9.17) is 17.3 Å². The van der Waals surface area contributed by atoms with Gasteiger partial charge in [-0.2, -0.15) is 0 Å². The number of nitrogens with one attached hydrogen (secondary N) is 1. The summed E-state index contributed by atoms with van der Waals surface area (Å²) in [6, 6.07) is 11.0. The molecule has 3 N–H and O–H groups in total. The molecule has 3 aromatic rings. The molecule has 132 valence electrons. The van der Waals surface area contributed by atoms with Gasteiger partial charge in [0.05, 0.1) is 17.8 Å². The summed E-state index contributed by atoms with van der Waals surface area (Å²) in [5.41, 5.74) is 10.4. The third-order valence-electron chi connectivity index (χ3n) is 3.53. The van der Waals surface area contributed by atoms with Crippen molar-refractivity contribution in [3.63, 3.8) is 0 Å². The molecule has 3 rings (SSSR count). The minimum Gasteiger partial charge on any atom is -0.325 e. The number of thiazole rings is 1. The van der Waals surface area contributed by atoms with Gasteiger partial charge in [0.25, 0.3) is 5.91 Å². The zero-order chi connectivity index (χ0) is 18.4. The molecule has 2 heterocycles. The second kappa shape index (κ2) is 8.66. The predicted octanol–water partition coefficient (Wildman–Crippen LogP) is 3.39. The number of halogens is 1. The first-order valence-corrected chi connectivity index (χ1v) is 9.11. The lowest BCUT2D eigenvalue weighted by Gasteiger charge is -2.06. The van der Waals surface area contributed by atoms with E-state index in [1.165, 1.54) is 11.3 Å². The van der Waals surface area contributed by atoms with E-state index >= 15 is 0 Å². The van der Waals surface area contributed by atoms with Crippen molar-refractivity contribution in [2.45, 2.75) is 6.54 Å². The van der Waals surface area contributed by atoms with Crippen LogP contribution in [0.1, 0.15) is 21.6 Å². The Labute approximate surface area is 159 Å². The van der Waals surface area contributed by atoms with Crippen LogP contribution in [-0.4, -0.2) is 28.1 Å². The fourth-order valence-corrected chi connectivity index (χ4v) is 2.95. The van der Waals surface area contributed by atoms with Gasteiger partial charge in [0.2, 0.25) is 0 Å². The number of amides is 1. The maximum atomic E-state index is 11.9. The summed E-state index contributed by atoms with van der Waals surface area (Å²) in [7, 11) is 0. The molecular formula is C18H16ClN5OS. The Morgan fingerprint density at radius 1 is 1.27 bits per heavy atom. The lowest BCUT2D eigenvalue weighted by atomic mass is 10.1. The highest BCUT2D eigenvalue weighted by Crippen LogP contribution is 2.13. The van der Waals surface area contributed by atoms with E-state index in [1.807, 2.05) is 30.3 Å². The Morgan fingerprint density at radius 3 is 2.81 bits per heavy atom. The molecule has 0 aliphatic carbocycles. The van der Waals surface area contributed by atoms with Gasteiger partial charge in [-0.1, -0.05) is 29.8 Å². The predicted molar refractivity (Wildman–Crippen MR) is 105 cm³/mol. The topological polar surface area (TPSA) is 93.3 Å². The van der Waals surface area contributed by atoms with Gasteiger partial charge >= 0.3 is 0 Å². The Balaban J connectivity index is 1.66. The van der Waals surface area contributed by atoms with Gasteiger partial charge in [-0.05, 0) is 29.3 Å². The lowest BCUT2D eigenvalue weighted by Crippen LogP contribution is -2.15. The monoisotopic (exact) mass is 385 g/mol. The van der Waals surface area contributed by atoms with Gasteiger partial charge in [0.15, 0.2) is 0 Å². The number of carbonyl (C=O) groups excluding carboxylic acids is 1. The van der Waals surface area contributed by atoms with Crippen molar-refractivity contribution in [3.05, 3.63) is 75.3 Å². The molecule has 0 saturated heterocycles. The maximum Gasteiger partial charge on any atom is 0.276 e. The third kappa shape index (κ3) is 4.72. The fraction of sp³-hybridized carbons (Fsp3) is 0.111. The molecule has 0 aliphatic rings. The Morgan fingerprint density at radius 2 is 2.15 bits per heavy atom. The largest absolute Gasteiger partial charge is 0.325 e. The highest BCUT2D eigenvalue weighted by atomic mass is 35.5. The molecular weight excluding hydrogens is 370 g/mol. The van der Waals surface area contributed by atoms with E-state index in [0.29, 0.717) is 29.6 Å². The smallest absolute Gasteiger partial charge is 0.276 e. The second-order valence-electron chi connectivity index (χ2n) is 5.36. The van der Waals surface area contributed by atoms with Crippen LogP contribution in [0.15, 0.2) is 58.5 Å².